The highest BCUT2D eigenvalue weighted by Gasteiger charge is 2.37. The fourth-order valence-corrected chi connectivity index (χ4v) is 3.32. The average Bonchev–Trinajstić information content (AvgIpc) is 3.09. The van der Waals surface area contributed by atoms with Gasteiger partial charge in [0.15, 0.2) is 5.84 Å². The molecule has 0 saturated carbocycles. The van der Waals surface area contributed by atoms with Gasteiger partial charge in [-0.15, -0.1) is 23.1 Å². The standard InChI is InChI=1S/C15H10F6N2O2S2/c16-14(17,18)9-4-8(5-10(6-9)15(19,20)21)13(24)25-23-11(22)7-27-12-2-1-3-26-12/h1-6H,7H2,(H2,22,23). The van der Waals surface area contributed by atoms with Gasteiger partial charge in [0.2, 0.25) is 0 Å². The fourth-order valence-electron chi connectivity index (χ4n) is 1.74. The van der Waals surface area contributed by atoms with E-state index in [1.54, 1.807) is 12.1 Å². The van der Waals surface area contributed by atoms with Gasteiger partial charge >= 0.3 is 18.3 Å². The maximum absolute atomic E-state index is 12.8. The first-order valence-electron chi connectivity index (χ1n) is 6.96. The van der Waals surface area contributed by atoms with E-state index in [9.17, 15) is 31.1 Å². The molecule has 12 heteroatoms. The van der Waals surface area contributed by atoms with Gasteiger partial charge in [-0.05, 0) is 29.6 Å². The summed E-state index contributed by atoms with van der Waals surface area (Å²) in [6.07, 6.45) is -10.1. The van der Waals surface area contributed by atoms with Crippen LogP contribution in [0.1, 0.15) is 21.5 Å². The number of rotatable bonds is 5. The smallest absolute Gasteiger partial charge is 0.384 e. The Kier molecular flexibility index (Phi) is 6.42. The monoisotopic (exact) mass is 428 g/mol. The Morgan fingerprint density at radius 3 is 2.19 bits per heavy atom. The van der Waals surface area contributed by atoms with Crippen molar-refractivity contribution in [1.29, 1.82) is 0 Å². The summed E-state index contributed by atoms with van der Waals surface area (Å²) in [5.74, 6) is -1.54. The molecule has 146 valence electrons. The molecule has 0 aliphatic rings. The number of hydrogen-bond donors (Lipinski definition) is 1. The molecular weight excluding hydrogens is 418 g/mol. The molecule has 0 bridgehead atoms. The predicted octanol–water partition coefficient (Wildman–Crippen LogP) is 5.01. The predicted molar refractivity (Wildman–Crippen MR) is 88.5 cm³/mol. The molecule has 0 spiro atoms. The van der Waals surface area contributed by atoms with E-state index in [4.69, 9.17) is 5.73 Å². The van der Waals surface area contributed by atoms with Gasteiger partial charge in [-0.2, -0.15) is 26.3 Å². The van der Waals surface area contributed by atoms with E-state index in [0.29, 0.717) is 0 Å². The quantitative estimate of drug-likeness (QED) is 0.182. The number of hydrogen-bond acceptors (Lipinski definition) is 5. The molecule has 1 aromatic heterocycles. The lowest BCUT2D eigenvalue weighted by atomic mass is 10.0. The van der Waals surface area contributed by atoms with Crippen LogP contribution in [0.25, 0.3) is 0 Å². The Hall–Kier alpha value is -2.21. The lowest BCUT2D eigenvalue weighted by Gasteiger charge is -2.13. The zero-order valence-electron chi connectivity index (χ0n) is 13.1. The van der Waals surface area contributed by atoms with E-state index in [1.807, 2.05) is 5.38 Å². The number of benzene rings is 1. The van der Waals surface area contributed by atoms with Crippen molar-refractivity contribution in [3.63, 3.8) is 0 Å². The first-order valence-corrected chi connectivity index (χ1v) is 8.83. The van der Waals surface area contributed by atoms with Gasteiger partial charge in [-0.3, -0.25) is 0 Å². The Bertz CT molecular complexity index is 800. The molecule has 2 N–H and O–H groups in total. The van der Waals surface area contributed by atoms with Gasteiger partial charge in [-0.25, -0.2) is 4.79 Å². The van der Waals surface area contributed by atoms with Crippen LogP contribution in [-0.2, 0) is 17.2 Å². The van der Waals surface area contributed by atoms with Crippen LogP contribution in [0.5, 0.6) is 0 Å². The van der Waals surface area contributed by atoms with Gasteiger partial charge < -0.3 is 10.6 Å². The summed E-state index contributed by atoms with van der Waals surface area (Å²) < 4.78 is 77.6. The molecule has 1 heterocycles. The van der Waals surface area contributed by atoms with E-state index >= 15 is 0 Å². The number of amidine groups is 1. The Labute approximate surface area is 157 Å². The molecule has 0 unspecified atom stereocenters. The van der Waals surface area contributed by atoms with Crippen LogP contribution in [0.3, 0.4) is 0 Å². The van der Waals surface area contributed by atoms with Crippen molar-refractivity contribution in [3.05, 3.63) is 52.4 Å². The first-order chi connectivity index (χ1) is 12.5. The van der Waals surface area contributed by atoms with Crippen LogP contribution >= 0.6 is 23.1 Å². The number of thiophene rings is 1. The van der Waals surface area contributed by atoms with Gasteiger partial charge in [0.25, 0.3) is 0 Å². The number of alkyl halides is 6. The molecule has 0 aliphatic heterocycles. The number of carbonyl (C=O) groups excluding carboxylic acids is 1. The van der Waals surface area contributed by atoms with Crippen molar-refractivity contribution in [2.24, 2.45) is 10.9 Å². The number of halogens is 6. The van der Waals surface area contributed by atoms with Gasteiger partial charge in [0.1, 0.15) is 0 Å². The summed E-state index contributed by atoms with van der Waals surface area (Å²) in [4.78, 5) is 16.2. The minimum absolute atomic E-state index is 0.0912. The molecule has 27 heavy (non-hydrogen) atoms. The van der Waals surface area contributed by atoms with Crippen molar-refractivity contribution >= 4 is 34.9 Å². The normalized spacial score (nSPS) is 12.9. The van der Waals surface area contributed by atoms with Gasteiger partial charge in [0, 0.05) is 0 Å². The molecule has 4 nitrogen and oxygen atoms in total. The summed E-state index contributed by atoms with van der Waals surface area (Å²) in [7, 11) is 0. The Morgan fingerprint density at radius 1 is 1.11 bits per heavy atom. The molecule has 0 radical (unpaired) electrons. The Balaban J connectivity index is 2.15. The second-order valence-electron chi connectivity index (χ2n) is 4.98. The molecule has 0 saturated heterocycles. The summed E-state index contributed by atoms with van der Waals surface area (Å²) in [6, 6.07) is 4.02. The third kappa shape index (κ3) is 6.17. The molecule has 0 atom stereocenters. The first kappa shape index (κ1) is 21.1. The third-order valence-electron chi connectivity index (χ3n) is 2.93. The summed E-state index contributed by atoms with van der Waals surface area (Å²) >= 11 is 2.69. The molecule has 0 fully saturated rings. The fraction of sp³-hybridized carbons (Fsp3) is 0.200. The van der Waals surface area contributed by atoms with Gasteiger partial charge in [-0.1, -0.05) is 11.2 Å². The van der Waals surface area contributed by atoms with Crippen LogP contribution in [0.2, 0.25) is 0 Å². The SMILES string of the molecule is N/C(CSc1cccs1)=N\OC(=O)c1cc(C(F)(F)F)cc(C(F)(F)F)c1. The van der Waals surface area contributed by atoms with Crippen molar-refractivity contribution in [2.75, 3.05) is 5.75 Å². The topological polar surface area (TPSA) is 64.7 Å². The average molecular weight is 428 g/mol. The summed E-state index contributed by atoms with van der Waals surface area (Å²) in [5.41, 5.74) is 1.31. The highest BCUT2D eigenvalue weighted by Crippen LogP contribution is 2.36. The number of nitrogens with zero attached hydrogens (tertiary/aromatic N) is 1. The maximum atomic E-state index is 12.8. The van der Waals surface area contributed by atoms with Crippen molar-refractivity contribution < 1.29 is 36.0 Å². The third-order valence-corrected chi connectivity index (χ3v) is 5.09. The molecular formula is C15H10F6N2O2S2. The molecule has 2 rings (SSSR count). The Morgan fingerprint density at radius 2 is 1.70 bits per heavy atom. The minimum atomic E-state index is -5.07. The maximum Gasteiger partial charge on any atom is 0.416 e. The summed E-state index contributed by atoms with van der Waals surface area (Å²) in [6.45, 7) is 0. The zero-order chi connectivity index (χ0) is 20.2. The largest absolute Gasteiger partial charge is 0.416 e. The summed E-state index contributed by atoms with van der Waals surface area (Å²) in [5, 5.41) is 5.07. The van der Waals surface area contributed by atoms with E-state index in [2.05, 4.69) is 9.99 Å². The second-order valence-corrected chi connectivity index (χ2v) is 7.20. The van der Waals surface area contributed by atoms with Crippen LogP contribution in [0, 0.1) is 0 Å². The van der Waals surface area contributed by atoms with Crippen LogP contribution < -0.4 is 5.73 Å². The number of oxime groups is 1. The van der Waals surface area contributed by atoms with Crippen LogP contribution in [0.15, 0.2) is 45.1 Å². The highest BCUT2D eigenvalue weighted by molar-refractivity contribution is 8.01. The minimum Gasteiger partial charge on any atom is -0.384 e. The molecule has 2 aromatic rings. The molecule has 1 aromatic carbocycles. The van der Waals surface area contributed by atoms with E-state index < -0.39 is 35.0 Å². The number of carbonyl (C=O) groups is 1. The lowest BCUT2D eigenvalue weighted by Crippen LogP contribution is -2.17. The van der Waals surface area contributed by atoms with Crippen molar-refractivity contribution in [1.82, 2.24) is 0 Å². The van der Waals surface area contributed by atoms with E-state index in [-0.39, 0.29) is 29.8 Å². The molecule has 0 amide bonds. The number of thioether (sulfide) groups is 1. The van der Waals surface area contributed by atoms with Crippen LogP contribution in [-0.4, -0.2) is 17.6 Å². The molecule has 0 aliphatic carbocycles. The van der Waals surface area contributed by atoms with Crippen LogP contribution in [0.4, 0.5) is 26.3 Å². The van der Waals surface area contributed by atoms with E-state index in [1.165, 1.54) is 23.1 Å². The van der Waals surface area contributed by atoms with Crippen molar-refractivity contribution in [3.8, 4) is 0 Å². The number of nitrogens with two attached hydrogens (primary N) is 1. The second kappa shape index (κ2) is 8.21. The van der Waals surface area contributed by atoms with E-state index in [0.717, 1.165) is 4.21 Å². The van der Waals surface area contributed by atoms with Gasteiger partial charge in [0.05, 0.1) is 26.7 Å². The highest BCUT2D eigenvalue weighted by atomic mass is 32.2. The lowest BCUT2D eigenvalue weighted by molar-refractivity contribution is -0.143. The zero-order valence-corrected chi connectivity index (χ0v) is 14.7. The van der Waals surface area contributed by atoms with Crippen molar-refractivity contribution in [2.45, 2.75) is 16.6 Å².